The van der Waals surface area contributed by atoms with Gasteiger partial charge in [0.15, 0.2) is 0 Å². The number of amides is 1. The van der Waals surface area contributed by atoms with Gasteiger partial charge in [-0.15, -0.1) is 0 Å². The predicted molar refractivity (Wildman–Crippen MR) is 82.4 cm³/mol. The summed E-state index contributed by atoms with van der Waals surface area (Å²) in [6.45, 7) is 4.23. The summed E-state index contributed by atoms with van der Waals surface area (Å²) in [5.74, 6) is -0.0160. The Morgan fingerprint density at radius 3 is 2.70 bits per heavy atom. The second-order valence-electron chi connectivity index (χ2n) is 5.01. The molecule has 0 aliphatic heterocycles. The second kappa shape index (κ2) is 6.70. The molecular formula is C15H18BrN3O. The van der Waals surface area contributed by atoms with Gasteiger partial charge in [0.1, 0.15) is 6.54 Å². The zero-order valence-corrected chi connectivity index (χ0v) is 13.2. The first-order valence-corrected chi connectivity index (χ1v) is 7.35. The summed E-state index contributed by atoms with van der Waals surface area (Å²) in [4.78, 5) is 11.9. The number of aryl methyl sites for hydroxylation is 1. The van der Waals surface area contributed by atoms with E-state index in [4.69, 9.17) is 0 Å². The van der Waals surface area contributed by atoms with Gasteiger partial charge in [0.05, 0.1) is 6.20 Å². The molecule has 20 heavy (non-hydrogen) atoms. The molecule has 0 aliphatic rings. The van der Waals surface area contributed by atoms with Gasteiger partial charge < -0.3 is 5.32 Å². The Hall–Kier alpha value is -1.62. The topological polar surface area (TPSA) is 46.9 Å². The third kappa shape index (κ3) is 4.49. The molecular weight excluding hydrogens is 318 g/mol. The summed E-state index contributed by atoms with van der Waals surface area (Å²) in [5, 5.41) is 7.10. The van der Waals surface area contributed by atoms with Crippen molar-refractivity contribution in [2.75, 3.05) is 0 Å². The Kier molecular flexibility index (Phi) is 4.95. The van der Waals surface area contributed by atoms with E-state index in [0.717, 1.165) is 16.5 Å². The van der Waals surface area contributed by atoms with Gasteiger partial charge in [-0.25, -0.2) is 0 Å². The van der Waals surface area contributed by atoms with Crippen LogP contribution in [0.2, 0.25) is 0 Å². The molecule has 2 rings (SSSR count). The lowest BCUT2D eigenvalue weighted by molar-refractivity contribution is -0.122. The molecule has 5 heteroatoms. The molecule has 1 N–H and O–H groups in total. The van der Waals surface area contributed by atoms with Crippen molar-refractivity contribution in [3.8, 4) is 0 Å². The lowest BCUT2D eigenvalue weighted by atomic mass is 10.1. The molecule has 2 aromatic rings. The van der Waals surface area contributed by atoms with Gasteiger partial charge in [-0.2, -0.15) is 5.10 Å². The van der Waals surface area contributed by atoms with Gasteiger partial charge in [-0.05, 0) is 43.5 Å². The highest BCUT2D eigenvalue weighted by Crippen LogP contribution is 2.11. The first kappa shape index (κ1) is 14.8. The maximum absolute atomic E-state index is 11.9. The van der Waals surface area contributed by atoms with Crippen molar-refractivity contribution in [2.45, 2.75) is 32.9 Å². The number of nitrogens with one attached hydrogen (secondary N) is 1. The average Bonchev–Trinajstić information content (AvgIpc) is 2.77. The summed E-state index contributed by atoms with van der Waals surface area (Å²) in [6.07, 6.45) is 4.43. The van der Waals surface area contributed by atoms with Crippen molar-refractivity contribution in [2.24, 2.45) is 0 Å². The number of aromatic nitrogens is 2. The number of rotatable bonds is 5. The minimum absolute atomic E-state index is 0.0160. The number of hydrogen-bond donors (Lipinski definition) is 1. The lowest BCUT2D eigenvalue weighted by Crippen LogP contribution is -2.36. The predicted octanol–water partition coefficient (Wildman–Crippen LogP) is 2.70. The van der Waals surface area contributed by atoms with E-state index in [1.165, 1.54) is 5.56 Å². The fraction of sp³-hybridized carbons (Fsp3) is 0.333. The monoisotopic (exact) mass is 335 g/mol. The molecule has 0 radical (unpaired) electrons. The maximum Gasteiger partial charge on any atom is 0.241 e. The van der Waals surface area contributed by atoms with Crippen LogP contribution in [0.4, 0.5) is 0 Å². The van der Waals surface area contributed by atoms with Crippen LogP contribution in [0.5, 0.6) is 0 Å². The van der Waals surface area contributed by atoms with Crippen molar-refractivity contribution in [3.05, 3.63) is 52.3 Å². The maximum atomic E-state index is 11.9. The highest BCUT2D eigenvalue weighted by Gasteiger charge is 2.09. The zero-order chi connectivity index (χ0) is 14.5. The number of carbonyl (C=O) groups is 1. The Balaban J connectivity index is 1.83. The van der Waals surface area contributed by atoms with Crippen LogP contribution in [-0.4, -0.2) is 21.7 Å². The van der Waals surface area contributed by atoms with E-state index in [1.54, 1.807) is 10.9 Å². The standard InChI is InChI=1S/C15H18BrN3O/c1-11-8-17-19(9-11)10-15(20)18-12(2)7-13-3-5-14(16)6-4-13/h3-6,8-9,12H,7,10H2,1-2H3,(H,18,20)/t12-/m1/s1. The lowest BCUT2D eigenvalue weighted by Gasteiger charge is -2.14. The number of nitrogens with zero attached hydrogens (tertiary/aromatic N) is 2. The van der Waals surface area contributed by atoms with Crippen LogP contribution >= 0.6 is 15.9 Å². The fourth-order valence-corrected chi connectivity index (χ4v) is 2.31. The first-order chi connectivity index (χ1) is 9.52. The quantitative estimate of drug-likeness (QED) is 0.913. The van der Waals surface area contributed by atoms with Gasteiger partial charge in [0, 0.05) is 16.7 Å². The molecule has 106 valence electrons. The van der Waals surface area contributed by atoms with Crippen molar-refractivity contribution < 1.29 is 4.79 Å². The van der Waals surface area contributed by atoms with Crippen LogP contribution in [0.15, 0.2) is 41.1 Å². The summed E-state index contributed by atoms with van der Waals surface area (Å²) in [5.41, 5.74) is 2.26. The Morgan fingerprint density at radius 1 is 1.40 bits per heavy atom. The van der Waals surface area contributed by atoms with Gasteiger partial charge in [-0.1, -0.05) is 28.1 Å². The second-order valence-corrected chi connectivity index (χ2v) is 5.93. The Bertz CT molecular complexity index is 577. The van der Waals surface area contributed by atoms with E-state index in [2.05, 4.69) is 38.5 Å². The minimum atomic E-state index is -0.0160. The zero-order valence-electron chi connectivity index (χ0n) is 11.6. The van der Waals surface area contributed by atoms with E-state index in [1.807, 2.05) is 32.2 Å². The van der Waals surface area contributed by atoms with Crippen LogP contribution in [-0.2, 0) is 17.8 Å². The van der Waals surface area contributed by atoms with E-state index in [9.17, 15) is 4.79 Å². The Morgan fingerprint density at radius 2 is 2.10 bits per heavy atom. The fourth-order valence-electron chi connectivity index (χ4n) is 2.05. The van der Waals surface area contributed by atoms with Crippen molar-refractivity contribution in [1.29, 1.82) is 0 Å². The van der Waals surface area contributed by atoms with Crippen molar-refractivity contribution in [3.63, 3.8) is 0 Å². The molecule has 0 spiro atoms. The third-order valence-electron chi connectivity index (χ3n) is 2.93. The van der Waals surface area contributed by atoms with Crippen molar-refractivity contribution >= 4 is 21.8 Å². The highest BCUT2D eigenvalue weighted by molar-refractivity contribution is 9.10. The molecule has 0 unspecified atom stereocenters. The van der Waals surface area contributed by atoms with E-state index < -0.39 is 0 Å². The smallest absolute Gasteiger partial charge is 0.241 e. The number of halogens is 1. The third-order valence-corrected chi connectivity index (χ3v) is 3.46. The molecule has 1 amide bonds. The molecule has 0 fully saturated rings. The van der Waals surface area contributed by atoms with Crippen LogP contribution in [0, 0.1) is 6.92 Å². The van der Waals surface area contributed by atoms with E-state index in [-0.39, 0.29) is 18.5 Å². The summed E-state index contributed by atoms with van der Waals surface area (Å²) < 4.78 is 2.71. The minimum Gasteiger partial charge on any atom is -0.352 e. The molecule has 0 saturated carbocycles. The molecule has 0 saturated heterocycles. The summed E-state index contributed by atoms with van der Waals surface area (Å²) >= 11 is 3.41. The number of benzene rings is 1. The van der Waals surface area contributed by atoms with Gasteiger partial charge in [0.25, 0.3) is 0 Å². The van der Waals surface area contributed by atoms with E-state index >= 15 is 0 Å². The van der Waals surface area contributed by atoms with Crippen LogP contribution < -0.4 is 5.32 Å². The molecule has 4 nitrogen and oxygen atoms in total. The van der Waals surface area contributed by atoms with Crippen LogP contribution in [0.1, 0.15) is 18.1 Å². The highest BCUT2D eigenvalue weighted by atomic mass is 79.9. The largest absolute Gasteiger partial charge is 0.352 e. The van der Waals surface area contributed by atoms with Crippen LogP contribution in [0.25, 0.3) is 0 Å². The molecule has 0 aliphatic carbocycles. The Labute approximate surface area is 127 Å². The van der Waals surface area contributed by atoms with Gasteiger partial charge in [0.2, 0.25) is 5.91 Å². The number of hydrogen-bond acceptors (Lipinski definition) is 2. The normalized spacial score (nSPS) is 12.2. The summed E-state index contributed by atoms with van der Waals surface area (Å²) in [7, 11) is 0. The molecule has 0 bridgehead atoms. The molecule has 1 aromatic carbocycles. The van der Waals surface area contributed by atoms with Gasteiger partial charge >= 0.3 is 0 Å². The SMILES string of the molecule is Cc1cnn(CC(=O)N[C@H](C)Cc2ccc(Br)cc2)c1. The molecule has 1 heterocycles. The van der Waals surface area contributed by atoms with Crippen LogP contribution in [0.3, 0.4) is 0 Å². The molecule has 1 atom stereocenters. The molecule has 1 aromatic heterocycles. The summed E-state index contributed by atoms with van der Waals surface area (Å²) in [6, 6.07) is 8.24. The first-order valence-electron chi connectivity index (χ1n) is 6.56. The van der Waals surface area contributed by atoms with Gasteiger partial charge in [-0.3, -0.25) is 9.48 Å². The average molecular weight is 336 g/mol. The van der Waals surface area contributed by atoms with Crippen molar-refractivity contribution in [1.82, 2.24) is 15.1 Å². The van der Waals surface area contributed by atoms with E-state index in [0.29, 0.717) is 0 Å². The number of carbonyl (C=O) groups excluding carboxylic acids is 1.